The summed E-state index contributed by atoms with van der Waals surface area (Å²) < 4.78 is 14.2. The van der Waals surface area contributed by atoms with E-state index in [2.05, 4.69) is 36.9 Å². The molecule has 36 nitrogen and oxygen atoms in total. The van der Waals surface area contributed by atoms with Crippen LogP contribution in [0.1, 0.15) is 117 Å². The fraction of sp³-hybridized carbons (Fsp3) is 0.438. The van der Waals surface area contributed by atoms with Crippen molar-refractivity contribution in [1.29, 1.82) is 0 Å². The minimum absolute atomic E-state index is 0.109. The number of aryl methyl sites for hydroxylation is 1. The van der Waals surface area contributed by atoms with Crippen molar-refractivity contribution in [3.8, 4) is 0 Å². The third kappa shape index (κ3) is 31.0. The van der Waals surface area contributed by atoms with E-state index in [1.807, 2.05) is 16.0 Å². The van der Waals surface area contributed by atoms with E-state index >= 15 is 0 Å². The van der Waals surface area contributed by atoms with Crippen molar-refractivity contribution < 1.29 is 127 Å². The number of halogens is 1. The molecule has 3 aromatic carbocycles. The minimum atomic E-state index is -1.66. The highest BCUT2D eigenvalue weighted by molar-refractivity contribution is 5.92. The second-order valence-electron chi connectivity index (χ2n) is 23.4. The van der Waals surface area contributed by atoms with Crippen LogP contribution >= 0.6 is 0 Å². The molecule has 0 aliphatic heterocycles. The van der Waals surface area contributed by atoms with Gasteiger partial charge in [0.1, 0.15) is 54.4 Å². The van der Waals surface area contributed by atoms with Gasteiger partial charge >= 0.3 is 71.8 Å². The van der Waals surface area contributed by atoms with Gasteiger partial charge in [-0.3, -0.25) is 38.0 Å². The molecule has 17 N–H and O–H groups in total. The summed E-state index contributed by atoms with van der Waals surface area (Å²) in [5.74, 6) is -15.5. The lowest BCUT2D eigenvalue weighted by molar-refractivity contribution is -0.142. The Labute approximate surface area is 573 Å². The Morgan fingerprint density at radius 1 is 0.416 bits per heavy atom. The number of carbonyl (C=O) groups excluding carboxylic acids is 7. The number of aliphatic carboxylic acids is 9. The van der Waals surface area contributed by atoms with Crippen LogP contribution in [0.5, 0.6) is 0 Å². The molecule has 0 unspecified atom stereocenters. The predicted octanol–water partition coefficient (Wildman–Crippen LogP) is 1.48. The standard InChI is InChI=1S/C64H78FN11O25/c65-27-1-2-41-33-76(75-74-41)34-51(80)73-64(24-21-42(77)28-35-3-7-37(8-4-35)30-47(58(93)94)70-61(99)67-44(55(87)88)15-18-52(81)82,25-22-43(78)29-36-5-9-38(10-6-36)31-48(59(95)96)71-62(100)68-45(56(89)90)16-19-53(83)84)26-23-50(79)66-40-13-11-39(12-14-40)32-49(60(97)98)72-63(101)69-46(57(91)92)17-20-54(85)86/h3-14,33,44-49H,1-2,15-32,34H2,(H,66,79)(H,73,80)(H,81,82)(H,83,84)(H,85,86)(H,87,88)(H,89,90)(H,91,92)(H,93,94)(H,95,96)(H,97,98)(H2,67,70,99)(H2,68,71,100)(H2,69,72,101)/t44-,45-,46-,47-,48-,49-/m0/s1. The third-order valence-corrected chi connectivity index (χ3v) is 15.4. The molecule has 0 saturated heterocycles. The van der Waals surface area contributed by atoms with Crippen LogP contribution in [0.3, 0.4) is 0 Å². The van der Waals surface area contributed by atoms with Crippen LogP contribution in [-0.2, 0) is 107 Å². The maximum atomic E-state index is 14.2. The molecule has 4 aromatic rings. The number of carbonyl (C=O) groups is 16. The number of nitrogens with zero attached hydrogens (tertiary/aromatic N) is 3. The molecule has 6 atom stereocenters. The molecule has 0 saturated carbocycles. The second kappa shape index (κ2) is 40.7. The van der Waals surface area contributed by atoms with Crippen molar-refractivity contribution in [2.75, 3.05) is 12.0 Å². The number of hydrogen-bond donors (Lipinski definition) is 17. The predicted molar refractivity (Wildman–Crippen MR) is 344 cm³/mol. The summed E-state index contributed by atoms with van der Waals surface area (Å²) in [5.41, 5.74) is 0.770. The summed E-state index contributed by atoms with van der Waals surface area (Å²) in [7, 11) is 0. The van der Waals surface area contributed by atoms with Gasteiger partial charge in [0.15, 0.2) is 0 Å². The average Bonchev–Trinajstić information content (AvgIpc) is 1.77. The SMILES string of the molecule is O=C(O)CC[C@H](NC(=O)N[C@@H](Cc1ccc(CC(=O)CCC(CCC(=O)Cc2ccc(C[C@H](NC(=O)N[C@@H](CCC(=O)O)C(=O)O)C(=O)O)cc2)(CCC(=O)Nc2ccc(C[C@H](NC(=O)N[C@@H](CCC(=O)O)C(=O)O)C(=O)O)cc2)NC(=O)Cn2cc(CCCF)nn2)cc1)C(=O)O)C(=O)O. The third-order valence-electron chi connectivity index (χ3n) is 15.4. The lowest BCUT2D eigenvalue weighted by atomic mass is 9.81. The van der Waals surface area contributed by atoms with Gasteiger partial charge in [-0.1, -0.05) is 65.9 Å². The number of benzene rings is 3. The van der Waals surface area contributed by atoms with Gasteiger partial charge in [0.2, 0.25) is 11.8 Å². The number of urea groups is 3. The highest BCUT2D eigenvalue weighted by Crippen LogP contribution is 2.29. The molecule has 0 aliphatic carbocycles. The molecular weight excluding hydrogens is 1340 g/mol. The van der Waals surface area contributed by atoms with Gasteiger partial charge in [0.05, 0.1) is 12.4 Å². The molecule has 101 heavy (non-hydrogen) atoms. The molecular formula is C64H78FN11O25. The Balaban J connectivity index is 1.61. The highest BCUT2D eigenvalue weighted by atomic mass is 19.1. The summed E-state index contributed by atoms with van der Waals surface area (Å²) in [6.45, 7) is -1.15. The average molecular weight is 1420 g/mol. The largest absolute Gasteiger partial charge is 0.481 e. The molecule has 0 aliphatic rings. The van der Waals surface area contributed by atoms with Crippen LogP contribution in [-0.4, -0.2) is 205 Å². The molecule has 1 heterocycles. The first-order valence-electron chi connectivity index (χ1n) is 31.3. The zero-order chi connectivity index (χ0) is 74.9. The van der Waals surface area contributed by atoms with Crippen LogP contribution in [0, 0.1) is 0 Å². The van der Waals surface area contributed by atoms with E-state index in [4.69, 9.17) is 15.3 Å². The number of nitrogens with one attached hydrogen (secondary N) is 8. The Kier molecular flexibility index (Phi) is 32.8. The number of amides is 8. The van der Waals surface area contributed by atoms with Crippen molar-refractivity contribution in [3.05, 3.63) is 113 Å². The highest BCUT2D eigenvalue weighted by Gasteiger charge is 2.35. The zero-order valence-electron chi connectivity index (χ0n) is 54.1. The number of carboxylic acids is 9. The van der Waals surface area contributed by atoms with Crippen molar-refractivity contribution in [2.45, 2.75) is 170 Å². The number of alkyl halides is 1. The van der Waals surface area contributed by atoms with Gasteiger partial charge in [-0.05, 0) is 91.3 Å². The maximum absolute atomic E-state index is 14.2. The summed E-state index contributed by atoms with van der Waals surface area (Å²) in [6, 6.07) is 4.04. The topological polar surface area (TPSA) is 582 Å². The molecule has 1 aromatic heterocycles. The van der Waals surface area contributed by atoms with Crippen LogP contribution in [0.15, 0.2) is 79.0 Å². The van der Waals surface area contributed by atoms with Crippen molar-refractivity contribution >= 4 is 101 Å². The Morgan fingerprint density at radius 2 is 0.743 bits per heavy atom. The van der Waals surface area contributed by atoms with Gasteiger partial charge in [-0.2, -0.15) is 0 Å². The van der Waals surface area contributed by atoms with E-state index in [-0.39, 0.29) is 82.7 Å². The molecule has 0 bridgehead atoms. The van der Waals surface area contributed by atoms with E-state index in [9.17, 15) is 112 Å². The van der Waals surface area contributed by atoms with Crippen LogP contribution in [0.25, 0.3) is 0 Å². The molecule has 0 radical (unpaired) electrons. The first-order chi connectivity index (χ1) is 47.7. The van der Waals surface area contributed by atoms with Crippen LogP contribution in [0.2, 0.25) is 0 Å². The first kappa shape index (κ1) is 81.5. The molecule has 546 valence electrons. The smallest absolute Gasteiger partial charge is 0.326 e. The van der Waals surface area contributed by atoms with Crippen LogP contribution < -0.4 is 42.5 Å². The van der Waals surface area contributed by atoms with E-state index < -0.39 is 195 Å². The lowest BCUT2D eigenvalue weighted by Gasteiger charge is -2.35. The van der Waals surface area contributed by atoms with Crippen molar-refractivity contribution in [3.63, 3.8) is 0 Å². The van der Waals surface area contributed by atoms with E-state index in [1.54, 1.807) is 0 Å². The van der Waals surface area contributed by atoms with Gasteiger partial charge in [0.25, 0.3) is 0 Å². The number of Topliss-reactive ketones (excluding diaryl/α,β-unsaturated/α-hetero) is 2. The number of aromatic nitrogens is 3. The van der Waals surface area contributed by atoms with Gasteiger partial charge in [-0.25, -0.2) is 47.8 Å². The van der Waals surface area contributed by atoms with Gasteiger partial charge in [-0.15, -0.1) is 5.10 Å². The Morgan fingerprint density at radius 3 is 1.08 bits per heavy atom. The minimum Gasteiger partial charge on any atom is -0.481 e. The summed E-state index contributed by atoms with van der Waals surface area (Å²) >= 11 is 0. The molecule has 0 fully saturated rings. The van der Waals surface area contributed by atoms with E-state index in [0.29, 0.717) is 33.5 Å². The molecule has 4 rings (SSSR count). The number of anilines is 1. The van der Waals surface area contributed by atoms with Gasteiger partial charge in [0, 0.05) is 88.1 Å². The fourth-order valence-corrected chi connectivity index (χ4v) is 10.1. The monoisotopic (exact) mass is 1420 g/mol. The maximum Gasteiger partial charge on any atom is 0.326 e. The van der Waals surface area contributed by atoms with Crippen molar-refractivity contribution in [2.24, 2.45) is 0 Å². The van der Waals surface area contributed by atoms with Crippen molar-refractivity contribution in [1.82, 2.24) is 52.2 Å². The normalized spacial score (nSPS) is 12.8. The van der Waals surface area contributed by atoms with Gasteiger partial charge < -0.3 is 88.5 Å². The zero-order valence-corrected chi connectivity index (χ0v) is 54.1. The quantitative estimate of drug-likeness (QED) is 0.0298. The number of rotatable bonds is 47. The lowest BCUT2D eigenvalue weighted by Crippen LogP contribution is -2.51. The molecule has 0 spiro atoms. The summed E-state index contributed by atoms with van der Waals surface area (Å²) in [5, 5.41) is 111. The van der Waals surface area contributed by atoms with E-state index in [1.165, 1.54) is 83.7 Å². The second-order valence-corrected chi connectivity index (χ2v) is 23.4. The number of ketones is 2. The summed E-state index contributed by atoms with van der Waals surface area (Å²) in [6.07, 6.45) is -4.82. The fourth-order valence-electron chi connectivity index (χ4n) is 10.1. The first-order valence-corrected chi connectivity index (χ1v) is 31.3. The number of hydrogen-bond acceptors (Lipinski definition) is 18. The summed E-state index contributed by atoms with van der Waals surface area (Å²) in [4.78, 5) is 199. The Bertz CT molecular complexity index is 3310. The number of carboxylic acid groups (broad SMARTS) is 9. The Hall–Kier alpha value is -11.9. The van der Waals surface area contributed by atoms with E-state index in [0.717, 1.165) is 0 Å². The molecule has 37 heteroatoms. The molecule has 8 amide bonds. The van der Waals surface area contributed by atoms with Crippen LogP contribution in [0.4, 0.5) is 24.5 Å².